The van der Waals surface area contributed by atoms with E-state index in [1.165, 1.54) is 35.4 Å². The molecule has 0 bridgehead atoms. The largest absolute Gasteiger partial charge is 0.452 e. The molecule has 10 nitrogen and oxygen atoms in total. The second kappa shape index (κ2) is 9.04. The van der Waals surface area contributed by atoms with Gasteiger partial charge in [-0.15, -0.1) is 4.40 Å². The smallest absolute Gasteiger partial charge is 0.387 e. The number of amides is 2. The van der Waals surface area contributed by atoms with Crippen molar-refractivity contribution in [1.82, 2.24) is 10.2 Å². The van der Waals surface area contributed by atoms with Gasteiger partial charge < -0.3 is 14.4 Å². The molecule has 3 rings (SSSR count). The summed E-state index contributed by atoms with van der Waals surface area (Å²) in [5.41, 5.74) is 0.0677. The van der Waals surface area contributed by atoms with Crippen molar-refractivity contribution < 1.29 is 41.1 Å². The molecule has 0 saturated carbocycles. The summed E-state index contributed by atoms with van der Waals surface area (Å²) < 4.78 is 59.8. The zero-order valence-electron chi connectivity index (χ0n) is 15.7. The molecular formula is C18H15F2N3O7S. The molecule has 0 aromatic heterocycles. The second-order valence-electron chi connectivity index (χ2n) is 6.20. The highest BCUT2D eigenvalue weighted by molar-refractivity contribution is 7.90. The number of benzene rings is 1. The minimum atomic E-state index is -3.53. The van der Waals surface area contributed by atoms with Crippen LogP contribution < -0.4 is 10.1 Å². The van der Waals surface area contributed by atoms with Gasteiger partial charge in [-0.05, 0) is 36.4 Å². The first-order valence-corrected chi connectivity index (χ1v) is 10.3. The Morgan fingerprint density at radius 3 is 2.55 bits per heavy atom. The average molecular weight is 455 g/mol. The van der Waals surface area contributed by atoms with Crippen LogP contribution in [0.3, 0.4) is 0 Å². The third kappa shape index (κ3) is 5.94. The van der Waals surface area contributed by atoms with E-state index >= 15 is 0 Å². The van der Waals surface area contributed by atoms with E-state index in [1.807, 2.05) is 5.32 Å². The van der Waals surface area contributed by atoms with Crippen LogP contribution in [0.1, 0.15) is 10.4 Å². The standard InChI is InChI=1S/C18H15F2N3O7S/c19-18(20)30-13-4-1-11(2-5-13)16(25)21-15(24)10-29-17(26)12-3-6-14-22-31(27,28)8-7-23(14)9-12/h1-6,9,18H,7-8,10H2,(H,21,24,25). The number of carbonyl (C=O) groups excluding carboxylic acids is 3. The van der Waals surface area contributed by atoms with E-state index < -0.39 is 41.0 Å². The molecule has 2 amide bonds. The predicted octanol–water partition coefficient (Wildman–Crippen LogP) is 0.585. The summed E-state index contributed by atoms with van der Waals surface area (Å²) in [5, 5.41) is 1.99. The molecule has 0 unspecified atom stereocenters. The Morgan fingerprint density at radius 2 is 1.87 bits per heavy atom. The summed E-state index contributed by atoms with van der Waals surface area (Å²) in [6.07, 6.45) is 3.98. The number of halogens is 2. The molecule has 0 atom stereocenters. The Morgan fingerprint density at radius 1 is 1.16 bits per heavy atom. The van der Waals surface area contributed by atoms with E-state index in [-0.39, 0.29) is 35.0 Å². The maximum absolute atomic E-state index is 12.1. The molecule has 0 spiro atoms. The van der Waals surface area contributed by atoms with Gasteiger partial charge in [-0.1, -0.05) is 0 Å². The van der Waals surface area contributed by atoms with Crippen molar-refractivity contribution in [1.29, 1.82) is 0 Å². The number of imide groups is 1. The van der Waals surface area contributed by atoms with Crippen LogP contribution in [-0.2, 0) is 24.3 Å². The van der Waals surface area contributed by atoms with Crippen LogP contribution in [-0.4, -0.2) is 62.5 Å². The Kier molecular flexibility index (Phi) is 6.44. The van der Waals surface area contributed by atoms with E-state index in [1.54, 1.807) is 0 Å². The van der Waals surface area contributed by atoms with E-state index in [2.05, 4.69) is 9.13 Å². The maximum atomic E-state index is 12.1. The Balaban J connectivity index is 1.51. The monoisotopic (exact) mass is 455 g/mol. The highest BCUT2D eigenvalue weighted by Gasteiger charge is 2.25. The fourth-order valence-electron chi connectivity index (χ4n) is 2.56. The fourth-order valence-corrected chi connectivity index (χ4v) is 3.53. The van der Waals surface area contributed by atoms with Crippen LogP contribution >= 0.6 is 0 Å². The van der Waals surface area contributed by atoms with Crippen molar-refractivity contribution in [2.75, 3.05) is 18.9 Å². The van der Waals surface area contributed by atoms with Gasteiger partial charge in [-0.25, -0.2) is 13.2 Å². The zero-order valence-corrected chi connectivity index (χ0v) is 16.5. The van der Waals surface area contributed by atoms with Gasteiger partial charge in [0, 0.05) is 18.3 Å². The van der Waals surface area contributed by atoms with Crippen LogP contribution in [0, 0.1) is 0 Å². The molecule has 0 fully saturated rings. The lowest BCUT2D eigenvalue weighted by atomic mass is 10.2. The fraction of sp³-hybridized carbons (Fsp3) is 0.222. The lowest BCUT2D eigenvalue weighted by Crippen LogP contribution is -2.37. The minimum Gasteiger partial charge on any atom is -0.452 e. The number of amidine groups is 1. The Bertz CT molecular complexity index is 1100. The van der Waals surface area contributed by atoms with Gasteiger partial charge in [0.2, 0.25) is 0 Å². The lowest BCUT2D eigenvalue weighted by molar-refractivity contribution is -0.144. The lowest BCUT2D eigenvalue weighted by Gasteiger charge is -2.26. The zero-order chi connectivity index (χ0) is 22.6. The number of carbonyl (C=O) groups is 3. The predicted molar refractivity (Wildman–Crippen MR) is 102 cm³/mol. The number of fused-ring (bicyclic) bond motifs is 1. The van der Waals surface area contributed by atoms with Gasteiger partial charge in [0.05, 0.1) is 11.3 Å². The SMILES string of the molecule is O=C(COC(=O)C1=CN2CCS(=O)(=O)N=C2C=C1)NC(=O)c1ccc(OC(F)F)cc1. The van der Waals surface area contributed by atoms with Crippen molar-refractivity contribution in [3.05, 3.63) is 53.8 Å². The molecule has 2 aliphatic rings. The van der Waals surface area contributed by atoms with Crippen LogP contribution in [0.25, 0.3) is 0 Å². The van der Waals surface area contributed by atoms with E-state index in [4.69, 9.17) is 4.74 Å². The number of hydrogen-bond acceptors (Lipinski definition) is 8. The van der Waals surface area contributed by atoms with Gasteiger partial charge in [-0.2, -0.15) is 8.78 Å². The molecule has 31 heavy (non-hydrogen) atoms. The first kappa shape index (κ1) is 22.1. The van der Waals surface area contributed by atoms with Crippen LogP contribution in [0.5, 0.6) is 5.75 Å². The van der Waals surface area contributed by atoms with Crippen molar-refractivity contribution in [2.24, 2.45) is 4.40 Å². The quantitative estimate of drug-likeness (QED) is 0.617. The third-order valence-corrected chi connectivity index (χ3v) is 5.15. The molecule has 0 aliphatic carbocycles. The number of esters is 1. The summed E-state index contributed by atoms with van der Waals surface area (Å²) >= 11 is 0. The molecule has 1 aromatic carbocycles. The molecule has 13 heteroatoms. The van der Waals surface area contributed by atoms with Gasteiger partial charge in [-0.3, -0.25) is 14.9 Å². The molecule has 1 aromatic rings. The highest BCUT2D eigenvalue weighted by Crippen LogP contribution is 2.17. The number of ether oxygens (including phenoxy) is 2. The van der Waals surface area contributed by atoms with E-state index in [0.717, 1.165) is 12.1 Å². The maximum Gasteiger partial charge on any atom is 0.387 e. The van der Waals surface area contributed by atoms with Crippen molar-refractivity contribution in [2.45, 2.75) is 6.61 Å². The molecule has 0 radical (unpaired) electrons. The topological polar surface area (TPSA) is 131 Å². The molecule has 2 aliphatic heterocycles. The molecule has 1 N–H and O–H groups in total. The summed E-state index contributed by atoms with van der Waals surface area (Å²) in [6.45, 7) is -3.65. The Labute approximate surface area is 174 Å². The number of nitrogens with zero attached hydrogens (tertiary/aromatic N) is 2. The van der Waals surface area contributed by atoms with E-state index in [9.17, 15) is 31.6 Å². The number of alkyl halides is 2. The number of sulfonamides is 1. The van der Waals surface area contributed by atoms with Gasteiger partial charge >= 0.3 is 12.6 Å². The number of rotatable bonds is 6. The molecule has 2 heterocycles. The summed E-state index contributed by atoms with van der Waals surface area (Å²) in [5.74, 6) is -2.78. The summed E-state index contributed by atoms with van der Waals surface area (Å²) in [7, 11) is -3.53. The van der Waals surface area contributed by atoms with Crippen molar-refractivity contribution >= 4 is 33.6 Å². The number of nitrogens with one attached hydrogen (secondary N) is 1. The van der Waals surface area contributed by atoms with Crippen molar-refractivity contribution in [3.8, 4) is 5.75 Å². The molecule has 164 valence electrons. The number of hydrogen-bond donors (Lipinski definition) is 1. The van der Waals surface area contributed by atoms with Crippen LogP contribution in [0.15, 0.2) is 52.6 Å². The van der Waals surface area contributed by atoms with Gasteiger partial charge in [0.25, 0.3) is 21.8 Å². The average Bonchev–Trinajstić information content (AvgIpc) is 2.71. The summed E-state index contributed by atoms with van der Waals surface area (Å²) in [4.78, 5) is 37.4. The van der Waals surface area contributed by atoms with Gasteiger partial charge in [0.15, 0.2) is 6.61 Å². The Hall–Kier alpha value is -3.61. The van der Waals surface area contributed by atoms with Crippen molar-refractivity contribution in [3.63, 3.8) is 0 Å². The van der Waals surface area contributed by atoms with Crippen LogP contribution in [0.4, 0.5) is 8.78 Å². The van der Waals surface area contributed by atoms with Crippen LogP contribution in [0.2, 0.25) is 0 Å². The molecule has 0 saturated heterocycles. The molecular weight excluding hydrogens is 440 g/mol. The summed E-state index contributed by atoms with van der Waals surface area (Å²) in [6, 6.07) is 4.64. The van der Waals surface area contributed by atoms with Gasteiger partial charge in [0.1, 0.15) is 11.6 Å². The third-order valence-electron chi connectivity index (χ3n) is 3.99. The minimum absolute atomic E-state index is 0.00563. The highest BCUT2D eigenvalue weighted by atomic mass is 32.2. The van der Waals surface area contributed by atoms with E-state index in [0.29, 0.717) is 0 Å². The second-order valence-corrected chi connectivity index (χ2v) is 7.96. The first-order chi connectivity index (χ1) is 14.6. The normalized spacial score (nSPS) is 16.7. The first-order valence-electron chi connectivity index (χ1n) is 8.68.